The quantitative estimate of drug-likeness (QED) is 0.878. The van der Waals surface area contributed by atoms with Crippen molar-refractivity contribution in [1.82, 2.24) is 9.88 Å². The third-order valence-corrected chi connectivity index (χ3v) is 4.09. The van der Waals surface area contributed by atoms with Crippen LogP contribution in [0.1, 0.15) is 27.7 Å². The SMILES string of the molecule is CNc1cccc(C2CN(Cc3cccc(C(=O)O)c3)CCO2)n1. The Morgan fingerprint density at radius 1 is 1.38 bits per heavy atom. The van der Waals surface area contributed by atoms with E-state index in [0.29, 0.717) is 18.7 Å². The molecule has 1 fully saturated rings. The van der Waals surface area contributed by atoms with Gasteiger partial charge in [-0.2, -0.15) is 0 Å². The van der Waals surface area contributed by atoms with Crippen LogP contribution in [0.15, 0.2) is 42.5 Å². The highest BCUT2D eigenvalue weighted by Gasteiger charge is 2.23. The molecule has 1 aromatic carbocycles. The van der Waals surface area contributed by atoms with Crippen LogP contribution in [0.5, 0.6) is 0 Å². The van der Waals surface area contributed by atoms with Crippen molar-refractivity contribution in [3.8, 4) is 0 Å². The molecule has 0 bridgehead atoms. The zero-order valence-corrected chi connectivity index (χ0v) is 13.6. The van der Waals surface area contributed by atoms with Crippen LogP contribution in [0.25, 0.3) is 0 Å². The van der Waals surface area contributed by atoms with Crippen LogP contribution >= 0.6 is 0 Å². The maximum Gasteiger partial charge on any atom is 0.335 e. The van der Waals surface area contributed by atoms with Crippen molar-refractivity contribution >= 4 is 11.8 Å². The van der Waals surface area contributed by atoms with Crippen LogP contribution in [-0.2, 0) is 11.3 Å². The molecule has 2 N–H and O–H groups in total. The van der Waals surface area contributed by atoms with Crippen molar-refractivity contribution in [3.63, 3.8) is 0 Å². The minimum atomic E-state index is -0.898. The summed E-state index contributed by atoms with van der Waals surface area (Å²) in [7, 11) is 1.84. The van der Waals surface area contributed by atoms with Crippen LogP contribution in [0.4, 0.5) is 5.82 Å². The fourth-order valence-electron chi connectivity index (χ4n) is 2.86. The molecule has 1 atom stereocenters. The highest BCUT2D eigenvalue weighted by molar-refractivity contribution is 5.87. The Balaban J connectivity index is 1.69. The third-order valence-electron chi connectivity index (χ3n) is 4.09. The molecule has 1 aliphatic rings. The molecule has 1 saturated heterocycles. The molecular weight excluding hydrogens is 306 g/mol. The average Bonchev–Trinajstić information content (AvgIpc) is 2.62. The first-order valence-corrected chi connectivity index (χ1v) is 7.96. The third kappa shape index (κ3) is 3.90. The number of carboxylic acids is 1. The van der Waals surface area contributed by atoms with Gasteiger partial charge in [-0.1, -0.05) is 18.2 Å². The predicted octanol–water partition coefficient (Wildman–Crippen LogP) is 2.40. The fraction of sp³-hybridized carbons (Fsp3) is 0.333. The van der Waals surface area contributed by atoms with E-state index in [2.05, 4.69) is 15.2 Å². The van der Waals surface area contributed by atoms with Gasteiger partial charge in [-0.15, -0.1) is 0 Å². The Morgan fingerprint density at radius 2 is 2.21 bits per heavy atom. The average molecular weight is 327 g/mol. The monoisotopic (exact) mass is 327 g/mol. The topological polar surface area (TPSA) is 74.7 Å². The van der Waals surface area contributed by atoms with E-state index in [4.69, 9.17) is 9.84 Å². The molecule has 1 aliphatic heterocycles. The standard InChI is InChI=1S/C18H21N3O3/c1-19-17-7-3-6-15(20-17)16-12-21(8-9-24-16)11-13-4-2-5-14(10-13)18(22)23/h2-7,10,16H,8-9,11-12H2,1H3,(H,19,20)(H,22,23). The lowest BCUT2D eigenvalue weighted by molar-refractivity contribution is -0.0349. The summed E-state index contributed by atoms with van der Waals surface area (Å²) in [5.74, 6) is -0.0767. The molecule has 0 saturated carbocycles. The summed E-state index contributed by atoms with van der Waals surface area (Å²) in [6, 6.07) is 12.9. The minimum absolute atomic E-state index is 0.0743. The molecule has 3 rings (SSSR count). The van der Waals surface area contributed by atoms with Crippen molar-refractivity contribution in [2.24, 2.45) is 0 Å². The minimum Gasteiger partial charge on any atom is -0.478 e. The Bertz CT molecular complexity index is 720. The molecule has 2 aromatic rings. The lowest BCUT2D eigenvalue weighted by atomic mass is 10.1. The van der Waals surface area contributed by atoms with E-state index in [0.717, 1.165) is 30.2 Å². The van der Waals surface area contributed by atoms with E-state index in [1.807, 2.05) is 31.3 Å². The van der Waals surface area contributed by atoms with E-state index >= 15 is 0 Å². The molecule has 0 spiro atoms. The zero-order chi connectivity index (χ0) is 16.9. The molecular formula is C18H21N3O3. The lowest BCUT2D eigenvalue weighted by Crippen LogP contribution is -2.38. The Morgan fingerprint density at radius 3 is 3.00 bits per heavy atom. The van der Waals surface area contributed by atoms with Gasteiger partial charge in [0.05, 0.1) is 17.9 Å². The van der Waals surface area contributed by atoms with Gasteiger partial charge in [0.1, 0.15) is 11.9 Å². The number of nitrogens with one attached hydrogen (secondary N) is 1. The Kier molecular flexibility index (Phi) is 5.08. The maximum atomic E-state index is 11.1. The number of anilines is 1. The normalized spacial score (nSPS) is 18.3. The van der Waals surface area contributed by atoms with Crippen LogP contribution in [0.3, 0.4) is 0 Å². The number of nitrogens with zero attached hydrogens (tertiary/aromatic N) is 2. The van der Waals surface area contributed by atoms with Gasteiger partial charge >= 0.3 is 5.97 Å². The molecule has 24 heavy (non-hydrogen) atoms. The fourth-order valence-corrected chi connectivity index (χ4v) is 2.86. The van der Waals surface area contributed by atoms with Crippen molar-refractivity contribution in [2.75, 3.05) is 32.1 Å². The summed E-state index contributed by atoms with van der Waals surface area (Å²) in [6.45, 7) is 2.89. The van der Waals surface area contributed by atoms with Gasteiger partial charge < -0.3 is 15.2 Å². The summed E-state index contributed by atoms with van der Waals surface area (Å²) in [5, 5.41) is 12.1. The van der Waals surface area contributed by atoms with Crippen LogP contribution < -0.4 is 5.32 Å². The number of rotatable bonds is 5. The van der Waals surface area contributed by atoms with E-state index < -0.39 is 5.97 Å². The number of carbonyl (C=O) groups is 1. The van der Waals surface area contributed by atoms with Gasteiger partial charge in [0, 0.05) is 26.7 Å². The number of benzene rings is 1. The second-order valence-electron chi connectivity index (χ2n) is 5.80. The van der Waals surface area contributed by atoms with Gasteiger partial charge in [-0.05, 0) is 29.8 Å². The number of hydrogen-bond acceptors (Lipinski definition) is 5. The first-order chi connectivity index (χ1) is 11.7. The molecule has 1 aromatic heterocycles. The lowest BCUT2D eigenvalue weighted by Gasteiger charge is -2.32. The number of pyridine rings is 1. The first kappa shape index (κ1) is 16.4. The maximum absolute atomic E-state index is 11.1. The second-order valence-corrected chi connectivity index (χ2v) is 5.80. The van der Waals surface area contributed by atoms with Gasteiger partial charge in [0.25, 0.3) is 0 Å². The van der Waals surface area contributed by atoms with E-state index in [-0.39, 0.29) is 6.10 Å². The Hall–Kier alpha value is -2.44. The van der Waals surface area contributed by atoms with Crippen molar-refractivity contribution in [1.29, 1.82) is 0 Å². The van der Waals surface area contributed by atoms with E-state index in [1.54, 1.807) is 18.2 Å². The highest BCUT2D eigenvalue weighted by atomic mass is 16.5. The van der Waals surface area contributed by atoms with Crippen molar-refractivity contribution < 1.29 is 14.6 Å². The molecule has 126 valence electrons. The van der Waals surface area contributed by atoms with E-state index in [9.17, 15) is 4.79 Å². The van der Waals surface area contributed by atoms with Gasteiger partial charge in [0.15, 0.2) is 0 Å². The van der Waals surface area contributed by atoms with Crippen LogP contribution in [-0.4, -0.2) is 47.7 Å². The molecule has 6 heteroatoms. The van der Waals surface area contributed by atoms with E-state index in [1.165, 1.54) is 0 Å². The molecule has 2 heterocycles. The van der Waals surface area contributed by atoms with Gasteiger partial charge in [-0.3, -0.25) is 4.90 Å². The van der Waals surface area contributed by atoms with Crippen LogP contribution in [0, 0.1) is 0 Å². The predicted molar refractivity (Wildman–Crippen MR) is 91.2 cm³/mol. The van der Waals surface area contributed by atoms with Crippen LogP contribution in [0.2, 0.25) is 0 Å². The van der Waals surface area contributed by atoms with Crippen molar-refractivity contribution in [2.45, 2.75) is 12.6 Å². The van der Waals surface area contributed by atoms with Gasteiger partial charge in [0.2, 0.25) is 0 Å². The molecule has 0 radical (unpaired) electrons. The summed E-state index contributed by atoms with van der Waals surface area (Å²) in [4.78, 5) is 17.9. The number of morpholine rings is 1. The summed E-state index contributed by atoms with van der Waals surface area (Å²) in [5.41, 5.74) is 2.22. The Labute approximate surface area is 141 Å². The second kappa shape index (κ2) is 7.42. The molecule has 0 aliphatic carbocycles. The van der Waals surface area contributed by atoms with Crippen molar-refractivity contribution in [3.05, 3.63) is 59.3 Å². The van der Waals surface area contributed by atoms with Gasteiger partial charge in [-0.25, -0.2) is 9.78 Å². The number of aromatic nitrogens is 1. The summed E-state index contributed by atoms with van der Waals surface area (Å²) < 4.78 is 5.87. The summed E-state index contributed by atoms with van der Waals surface area (Å²) in [6.07, 6.45) is -0.0743. The highest BCUT2D eigenvalue weighted by Crippen LogP contribution is 2.23. The number of carboxylic acid groups (broad SMARTS) is 1. The first-order valence-electron chi connectivity index (χ1n) is 7.96. The smallest absolute Gasteiger partial charge is 0.335 e. The summed E-state index contributed by atoms with van der Waals surface area (Å²) >= 11 is 0. The number of hydrogen-bond donors (Lipinski definition) is 2. The largest absolute Gasteiger partial charge is 0.478 e. The number of ether oxygens (including phenoxy) is 1. The molecule has 0 amide bonds. The molecule has 1 unspecified atom stereocenters. The zero-order valence-electron chi connectivity index (χ0n) is 13.6. The molecule has 6 nitrogen and oxygen atoms in total. The number of aromatic carboxylic acids is 1.